The first kappa shape index (κ1) is 20.0. The first-order valence-electron chi connectivity index (χ1n) is 12.5. The third-order valence-corrected chi connectivity index (χ3v) is 7.80. The van der Waals surface area contributed by atoms with Gasteiger partial charge in [0.05, 0.1) is 35.4 Å². The van der Waals surface area contributed by atoms with Gasteiger partial charge in [-0.2, -0.15) is 5.26 Å². The number of hydrogen-bond donors (Lipinski definition) is 0. The number of rotatable bonds is 5. The zero-order valence-corrected chi connectivity index (χ0v) is 19.1. The lowest BCUT2D eigenvalue weighted by Gasteiger charge is -2.43. The van der Waals surface area contributed by atoms with Crippen LogP contribution in [0.5, 0.6) is 0 Å². The summed E-state index contributed by atoms with van der Waals surface area (Å²) in [5.41, 5.74) is 4.38. The lowest BCUT2D eigenvalue weighted by Crippen LogP contribution is -2.57. The molecule has 0 spiro atoms. The summed E-state index contributed by atoms with van der Waals surface area (Å²) in [6, 6.07) is 4.67. The van der Waals surface area contributed by atoms with Gasteiger partial charge >= 0.3 is 0 Å². The number of piperazine rings is 1. The van der Waals surface area contributed by atoms with Crippen molar-refractivity contribution >= 4 is 17.4 Å². The fourth-order valence-corrected chi connectivity index (χ4v) is 5.48. The normalized spacial score (nSPS) is 22.7. The van der Waals surface area contributed by atoms with Gasteiger partial charge in [-0.1, -0.05) is 0 Å². The van der Waals surface area contributed by atoms with E-state index in [1.54, 1.807) is 12.4 Å². The Morgan fingerprint density at radius 2 is 1.94 bits per heavy atom. The summed E-state index contributed by atoms with van der Waals surface area (Å²) in [5.74, 6) is 2.40. The zero-order chi connectivity index (χ0) is 22.8. The first-order valence-corrected chi connectivity index (χ1v) is 12.5. The van der Waals surface area contributed by atoms with Crippen LogP contribution < -0.4 is 4.90 Å². The van der Waals surface area contributed by atoms with Gasteiger partial charge < -0.3 is 9.80 Å². The SMILES string of the molecule is N#Cc1cc(-c2cnc3cnccn23)c(C2CC2)nc1N1CCN(C(=O)C2CC2)C(C2CC2)C1. The Morgan fingerprint density at radius 3 is 2.68 bits per heavy atom. The van der Waals surface area contributed by atoms with Crippen molar-refractivity contribution in [3.05, 3.63) is 42.1 Å². The van der Waals surface area contributed by atoms with Crippen molar-refractivity contribution in [2.24, 2.45) is 11.8 Å². The average molecular weight is 454 g/mol. The Labute approximate surface area is 198 Å². The van der Waals surface area contributed by atoms with E-state index in [2.05, 4.69) is 25.8 Å². The second-order valence-electron chi connectivity index (χ2n) is 10.3. The summed E-state index contributed by atoms with van der Waals surface area (Å²) in [4.78, 5) is 31.2. The minimum Gasteiger partial charge on any atom is -0.352 e. The number of anilines is 1. The average Bonchev–Trinajstić information content (AvgIpc) is 3.73. The van der Waals surface area contributed by atoms with Crippen molar-refractivity contribution in [3.8, 4) is 17.3 Å². The molecule has 8 nitrogen and oxygen atoms in total. The van der Waals surface area contributed by atoms with Crippen molar-refractivity contribution in [1.29, 1.82) is 5.26 Å². The number of imidazole rings is 1. The van der Waals surface area contributed by atoms with Crippen molar-refractivity contribution in [2.75, 3.05) is 24.5 Å². The maximum Gasteiger partial charge on any atom is 0.226 e. The van der Waals surface area contributed by atoms with Gasteiger partial charge in [0.2, 0.25) is 5.91 Å². The van der Waals surface area contributed by atoms with Crippen LogP contribution in [0.4, 0.5) is 5.82 Å². The molecular formula is C26H27N7O. The summed E-state index contributed by atoms with van der Waals surface area (Å²) in [5, 5.41) is 10.1. The number of hydrogen-bond acceptors (Lipinski definition) is 6. The molecule has 7 rings (SSSR count). The highest BCUT2D eigenvalue weighted by molar-refractivity contribution is 5.82. The van der Waals surface area contributed by atoms with Crippen LogP contribution in [-0.2, 0) is 4.79 Å². The molecule has 1 atom stereocenters. The topological polar surface area (TPSA) is 90.4 Å². The van der Waals surface area contributed by atoms with E-state index in [1.807, 2.05) is 22.9 Å². The van der Waals surface area contributed by atoms with E-state index < -0.39 is 0 Å². The molecule has 172 valence electrons. The standard InChI is InChI=1S/C26H27N7O/c27-12-19-11-20(21-13-29-23-14-28-7-8-32(21)23)24(17-3-4-17)30-25(19)31-9-10-33(26(34)18-5-6-18)22(15-31)16-1-2-16/h7-8,11,13-14,16-18,22H,1-6,9-10,15H2. The molecule has 4 fully saturated rings. The van der Waals surface area contributed by atoms with Gasteiger partial charge in [-0.25, -0.2) is 9.97 Å². The molecule has 34 heavy (non-hydrogen) atoms. The summed E-state index contributed by atoms with van der Waals surface area (Å²) in [7, 11) is 0. The Bertz CT molecular complexity index is 1330. The molecule has 4 heterocycles. The molecule has 1 unspecified atom stereocenters. The quantitative estimate of drug-likeness (QED) is 0.588. The summed E-state index contributed by atoms with van der Waals surface area (Å²) in [6.07, 6.45) is 14.0. The largest absolute Gasteiger partial charge is 0.352 e. The number of pyridine rings is 1. The van der Waals surface area contributed by atoms with Crippen molar-refractivity contribution < 1.29 is 4.79 Å². The lowest BCUT2D eigenvalue weighted by atomic mass is 10.0. The van der Waals surface area contributed by atoms with E-state index in [4.69, 9.17) is 4.98 Å². The minimum absolute atomic E-state index is 0.241. The number of carbonyl (C=O) groups is 1. The molecule has 0 N–H and O–H groups in total. The van der Waals surface area contributed by atoms with Gasteiger partial charge in [0.15, 0.2) is 5.65 Å². The number of aromatic nitrogens is 4. The van der Waals surface area contributed by atoms with E-state index in [0.717, 1.165) is 73.7 Å². The Hall–Kier alpha value is -3.47. The van der Waals surface area contributed by atoms with Gasteiger partial charge in [0, 0.05) is 49.4 Å². The third kappa shape index (κ3) is 3.33. The highest BCUT2D eigenvalue weighted by atomic mass is 16.2. The monoisotopic (exact) mass is 453 g/mol. The first-order chi connectivity index (χ1) is 16.7. The number of amides is 1. The van der Waals surface area contributed by atoms with E-state index in [-0.39, 0.29) is 12.0 Å². The summed E-state index contributed by atoms with van der Waals surface area (Å²) < 4.78 is 2.02. The van der Waals surface area contributed by atoms with Gasteiger partial charge in [-0.3, -0.25) is 14.2 Å². The Balaban J connectivity index is 1.27. The predicted molar refractivity (Wildman–Crippen MR) is 126 cm³/mol. The fraction of sp³-hybridized carbons (Fsp3) is 0.500. The van der Waals surface area contributed by atoms with Crippen LogP contribution in [-0.4, -0.2) is 55.8 Å². The predicted octanol–water partition coefficient (Wildman–Crippen LogP) is 3.38. The maximum absolute atomic E-state index is 12.9. The molecular weight excluding hydrogens is 426 g/mol. The van der Waals surface area contributed by atoms with Crippen molar-refractivity contribution in [2.45, 2.75) is 50.5 Å². The smallest absolute Gasteiger partial charge is 0.226 e. The molecule has 3 aromatic heterocycles. The van der Waals surface area contributed by atoms with Crippen LogP contribution in [0, 0.1) is 23.2 Å². The van der Waals surface area contributed by atoms with Crippen LogP contribution in [0.2, 0.25) is 0 Å². The minimum atomic E-state index is 0.241. The van der Waals surface area contributed by atoms with Crippen LogP contribution in [0.25, 0.3) is 16.9 Å². The molecule has 1 saturated heterocycles. The highest BCUT2D eigenvalue weighted by Gasteiger charge is 2.45. The maximum atomic E-state index is 12.9. The zero-order valence-electron chi connectivity index (χ0n) is 19.1. The molecule has 0 aromatic carbocycles. The molecule has 0 bridgehead atoms. The van der Waals surface area contributed by atoms with Crippen molar-refractivity contribution in [1.82, 2.24) is 24.3 Å². The molecule has 3 saturated carbocycles. The van der Waals surface area contributed by atoms with Crippen molar-refractivity contribution in [3.63, 3.8) is 0 Å². The van der Waals surface area contributed by atoms with Gasteiger partial charge in [0.25, 0.3) is 0 Å². The van der Waals surface area contributed by atoms with Crippen LogP contribution in [0.1, 0.15) is 55.7 Å². The highest BCUT2D eigenvalue weighted by Crippen LogP contribution is 2.46. The fourth-order valence-electron chi connectivity index (χ4n) is 5.48. The van der Waals surface area contributed by atoms with E-state index in [1.165, 1.54) is 12.8 Å². The van der Waals surface area contributed by atoms with Crippen LogP contribution >= 0.6 is 0 Å². The van der Waals surface area contributed by atoms with Gasteiger partial charge in [0.1, 0.15) is 11.9 Å². The van der Waals surface area contributed by atoms with Gasteiger partial charge in [-0.05, 0) is 50.5 Å². The molecule has 3 aliphatic carbocycles. The van der Waals surface area contributed by atoms with E-state index in [0.29, 0.717) is 23.3 Å². The lowest BCUT2D eigenvalue weighted by molar-refractivity contribution is -0.135. The number of carbonyl (C=O) groups excluding carboxylic acids is 1. The molecule has 1 amide bonds. The summed E-state index contributed by atoms with van der Waals surface area (Å²) >= 11 is 0. The second kappa shape index (κ2) is 7.52. The number of nitrogens with zero attached hydrogens (tertiary/aromatic N) is 7. The van der Waals surface area contributed by atoms with E-state index in [9.17, 15) is 10.1 Å². The Morgan fingerprint density at radius 1 is 1.09 bits per heavy atom. The number of fused-ring (bicyclic) bond motifs is 1. The van der Waals surface area contributed by atoms with Crippen LogP contribution in [0.15, 0.2) is 30.9 Å². The second-order valence-corrected chi connectivity index (χ2v) is 10.3. The molecule has 1 aliphatic heterocycles. The van der Waals surface area contributed by atoms with Crippen LogP contribution in [0.3, 0.4) is 0 Å². The third-order valence-electron chi connectivity index (χ3n) is 7.80. The molecule has 8 heteroatoms. The molecule has 3 aromatic rings. The van der Waals surface area contributed by atoms with E-state index >= 15 is 0 Å². The molecule has 0 radical (unpaired) electrons. The van der Waals surface area contributed by atoms with Gasteiger partial charge in [-0.15, -0.1) is 0 Å². The molecule has 4 aliphatic rings. The Kier molecular flexibility index (Phi) is 4.41. The number of nitriles is 1. The summed E-state index contributed by atoms with van der Waals surface area (Å²) in [6.45, 7) is 2.23.